The van der Waals surface area contributed by atoms with Gasteiger partial charge in [0.25, 0.3) is 5.91 Å². The van der Waals surface area contributed by atoms with Gasteiger partial charge in [-0.05, 0) is 83.6 Å². The van der Waals surface area contributed by atoms with E-state index in [0.29, 0.717) is 36.9 Å². The van der Waals surface area contributed by atoms with Crippen LogP contribution in [-0.2, 0) is 4.74 Å². The number of amides is 2. The minimum Gasteiger partial charge on any atom is -0.444 e. The highest BCUT2D eigenvalue weighted by molar-refractivity contribution is 5.97. The van der Waals surface area contributed by atoms with Crippen LogP contribution in [0.25, 0.3) is 0 Å². The van der Waals surface area contributed by atoms with Crippen molar-refractivity contribution in [2.75, 3.05) is 29.9 Å². The summed E-state index contributed by atoms with van der Waals surface area (Å²) in [5.41, 5.74) is 7.94. The minimum atomic E-state index is -0.684. The molecule has 0 bridgehead atoms. The molecule has 0 spiro atoms. The van der Waals surface area contributed by atoms with Gasteiger partial charge in [0.2, 0.25) is 0 Å². The molecule has 2 atom stereocenters. The summed E-state index contributed by atoms with van der Waals surface area (Å²) in [5.74, 6) is 1.19. The van der Waals surface area contributed by atoms with Crippen LogP contribution in [-0.4, -0.2) is 73.7 Å². The number of benzene rings is 1. The van der Waals surface area contributed by atoms with Crippen molar-refractivity contribution in [2.24, 2.45) is 11.7 Å². The van der Waals surface area contributed by atoms with Crippen molar-refractivity contribution in [3.63, 3.8) is 0 Å². The van der Waals surface area contributed by atoms with Crippen LogP contribution in [0.1, 0.15) is 111 Å². The first-order chi connectivity index (χ1) is 22.4. The highest BCUT2D eigenvalue weighted by atomic mass is 16.6. The summed E-state index contributed by atoms with van der Waals surface area (Å²) < 4.78 is 7.40. The zero-order valence-electron chi connectivity index (χ0n) is 27.8. The van der Waals surface area contributed by atoms with E-state index < -0.39 is 11.5 Å². The molecule has 1 aromatic carbocycles. The third kappa shape index (κ3) is 7.74. The lowest BCUT2D eigenvalue weighted by Gasteiger charge is -2.40. The number of nitrogens with zero attached hydrogens (tertiary/aromatic N) is 6. The monoisotopic (exact) mass is 642 g/mol. The first-order valence-corrected chi connectivity index (χ1v) is 16.8. The van der Waals surface area contributed by atoms with Gasteiger partial charge in [0.15, 0.2) is 17.3 Å². The number of nitrogens with one attached hydrogen (secondary N) is 1. The Morgan fingerprint density at radius 3 is 2.38 bits per heavy atom. The summed E-state index contributed by atoms with van der Waals surface area (Å²) in [6, 6.07) is 8.32. The second-order valence-electron chi connectivity index (χ2n) is 14.2. The summed E-state index contributed by atoms with van der Waals surface area (Å²) >= 11 is 0. The Kier molecular flexibility index (Phi) is 9.20. The second-order valence-corrected chi connectivity index (χ2v) is 14.2. The Morgan fingerprint density at radius 2 is 1.72 bits per heavy atom. The topological polar surface area (TPSA) is 149 Å². The average molecular weight is 643 g/mol. The van der Waals surface area contributed by atoms with E-state index in [1.165, 1.54) is 18.4 Å². The molecule has 3 fully saturated rings. The van der Waals surface area contributed by atoms with Crippen molar-refractivity contribution in [2.45, 2.75) is 96.2 Å². The molecule has 2 saturated heterocycles. The number of primary amides is 1. The first-order valence-electron chi connectivity index (χ1n) is 16.8. The van der Waals surface area contributed by atoms with Gasteiger partial charge in [-0.2, -0.15) is 5.10 Å². The Labute approximate surface area is 276 Å². The Morgan fingerprint density at radius 1 is 1.00 bits per heavy atom. The van der Waals surface area contributed by atoms with E-state index in [4.69, 9.17) is 15.5 Å². The molecule has 2 amide bonds. The fourth-order valence-electron chi connectivity index (χ4n) is 6.70. The fourth-order valence-corrected chi connectivity index (χ4v) is 6.70. The zero-order valence-corrected chi connectivity index (χ0v) is 27.8. The number of likely N-dealkylation sites (tertiary alicyclic amines) is 1. The van der Waals surface area contributed by atoms with Crippen molar-refractivity contribution in [1.29, 1.82) is 0 Å². The van der Waals surface area contributed by atoms with E-state index in [-0.39, 0.29) is 41.4 Å². The van der Waals surface area contributed by atoms with Gasteiger partial charge in [0, 0.05) is 43.9 Å². The lowest BCUT2D eigenvalue weighted by atomic mass is 9.85. The lowest BCUT2D eigenvalue weighted by Crippen LogP contribution is -2.44. The minimum absolute atomic E-state index is 0.0400. The van der Waals surface area contributed by atoms with E-state index in [2.05, 4.69) is 39.4 Å². The number of aromatic nitrogens is 4. The molecule has 1 saturated carbocycles. The normalized spacial score (nSPS) is 20.6. The molecule has 12 nitrogen and oxygen atoms in total. The molecule has 3 N–H and O–H groups in total. The van der Waals surface area contributed by atoms with Crippen LogP contribution in [0, 0.1) is 5.92 Å². The Balaban J connectivity index is 1.11. The largest absolute Gasteiger partial charge is 0.444 e. The third-order valence-electron chi connectivity index (χ3n) is 9.52. The Bertz CT molecular complexity index is 1600. The smallest absolute Gasteiger partial charge is 0.410 e. The number of ether oxygens (including phenoxy) is 1. The fraction of sp³-hybridized carbons (Fsp3) is 0.543. The van der Waals surface area contributed by atoms with Crippen LogP contribution in [0.2, 0.25) is 0 Å². The maximum atomic E-state index is 13.2. The molecule has 0 unspecified atom stereocenters. The number of carbonyl (C=O) groups is 3. The van der Waals surface area contributed by atoms with Gasteiger partial charge in [-0.25, -0.2) is 14.8 Å². The average Bonchev–Trinajstić information content (AvgIpc) is 3.79. The number of Topliss-reactive ketones (excluding diaryl/α,β-unsaturated/α-hetero) is 1. The molecule has 3 aliphatic rings. The van der Waals surface area contributed by atoms with Crippen molar-refractivity contribution in [3.05, 3.63) is 59.7 Å². The number of rotatable bonds is 9. The van der Waals surface area contributed by atoms with Crippen molar-refractivity contribution < 1.29 is 19.1 Å². The van der Waals surface area contributed by atoms with Crippen LogP contribution in [0.3, 0.4) is 0 Å². The molecule has 4 heterocycles. The molecule has 3 aromatic rings. The van der Waals surface area contributed by atoms with Crippen LogP contribution in [0.15, 0.2) is 42.9 Å². The SMILES string of the molecule is C[C@@H]1[C@H](CC(=O)c2ccc(C3CC3)cc2)CCCN1c1cnc(C(N)=O)c(Nc2cnn(C3CCN(C(=O)OC(C)(C)C)CC3)c2)n1. The predicted molar refractivity (Wildman–Crippen MR) is 179 cm³/mol. The molecular weight excluding hydrogens is 596 g/mol. The van der Waals surface area contributed by atoms with E-state index in [1.54, 1.807) is 17.3 Å². The van der Waals surface area contributed by atoms with E-state index in [1.807, 2.05) is 43.8 Å². The van der Waals surface area contributed by atoms with Gasteiger partial charge >= 0.3 is 6.09 Å². The lowest BCUT2D eigenvalue weighted by molar-refractivity contribution is 0.0184. The molecule has 1 aliphatic carbocycles. The number of hydrogen-bond donors (Lipinski definition) is 2. The molecule has 47 heavy (non-hydrogen) atoms. The van der Waals surface area contributed by atoms with Gasteiger partial charge in [0.1, 0.15) is 11.4 Å². The van der Waals surface area contributed by atoms with Crippen molar-refractivity contribution in [3.8, 4) is 0 Å². The van der Waals surface area contributed by atoms with Gasteiger partial charge < -0.3 is 25.6 Å². The quantitative estimate of drug-likeness (QED) is 0.275. The maximum absolute atomic E-state index is 13.2. The highest BCUT2D eigenvalue weighted by Gasteiger charge is 2.32. The van der Waals surface area contributed by atoms with E-state index in [9.17, 15) is 14.4 Å². The zero-order chi connectivity index (χ0) is 33.3. The van der Waals surface area contributed by atoms with Crippen LogP contribution in [0.4, 0.5) is 22.1 Å². The molecule has 12 heteroatoms. The molecule has 2 aromatic heterocycles. The van der Waals surface area contributed by atoms with Gasteiger partial charge in [-0.1, -0.05) is 24.3 Å². The summed E-state index contributed by atoms with van der Waals surface area (Å²) in [7, 11) is 0. The number of carbonyl (C=O) groups excluding carboxylic acids is 3. The van der Waals surface area contributed by atoms with E-state index >= 15 is 0 Å². The molecular formula is C35H46N8O4. The van der Waals surface area contributed by atoms with Crippen LogP contribution < -0.4 is 16.0 Å². The number of nitrogens with two attached hydrogens (primary N) is 1. The number of hydrogen-bond acceptors (Lipinski definition) is 9. The standard InChI is InChI=1S/C35H46N8O4/c1-22-26(18-29(44)25-11-9-24(10-12-25)23-7-8-23)6-5-15-42(22)30-20-37-31(32(36)45)33(40-30)39-27-19-38-43(21-27)28-13-16-41(17-14-28)34(46)47-35(2,3)4/h9-12,19-23,26,28H,5-8,13-18H2,1-4H3,(H2,36,45)(H,39,40)/t22-,26+/m1/s1. The summed E-state index contributed by atoms with van der Waals surface area (Å²) in [5, 5.41) is 7.77. The summed E-state index contributed by atoms with van der Waals surface area (Å²) in [6.45, 7) is 9.64. The van der Waals surface area contributed by atoms with E-state index in [0.717, 1.165) is 37.8 Å². The predicted octanol–water partition coefficient (Wildman–Crippen LogP) is 5.84. The summed E-state index contributed by atoms with van der Waals surface area (Å²) in [4.78, 5) is 51.2. The van der Waals surface area contributed by atoms with Gasteiger partial charge in [0.05, 0.1) is 24.1 Å². The van der Waals surface area contributed by atoms with Gasteiger partial charge in [-0.15, -0.1) is 0 Å². The van der Waals surface area contributed by atoms with Crippen molar-refractivity contribution in [1.82, 2.24) is 24.6 Å². The molecule has 0 radical (unpaired) electrons. The second kappa shape index (κ2) is 13.3. The van der Waals surface area contributed by atoms with Crippen LogP contribution in [0.5, 0.6) is 0 Å². The maximum Gasteiger partial charge on any atom is 0.410 e. The highest BCUT2D eigenvalue weighted by Crippen LogP contribution is 2.40. The summed E-state index contributed by atoms with van der Waals surface area (Å²) in [6.07, 6.45) is 11.2. The molecule has 250 valence electrons. The number of piperidine rings is 2. The van der Waals surface area contributed by atoms with Crippen molar-refractivity contribution >= 4 is 35.1 Å². The number of anilines is 3. The first kappa shape index (κ1) is 32.5. The van der Waals surface area contributed by atoms with Crippen LogP contribution >= 0.6 is 0 Å². The number of ketones is 1. The molecule has 6 rings (SSSR count). The third-order valence-corrected chi connectivity index (χ3v) is 9.52. The molecule has 2 aliphatic heterocycles. The Hall–Kier alpha value is -4.48. The van der Waals surface area contributed by atoms with Gasteiger partial charge in [-0.3, -0.25) is 14.3 Å².